The lowest BCUT2D eigenvalue weighted by atomic mass is 9.97. The number of hydrogen-bond donors (Lipinski definition) is 2. The Kier molecular flexibility index (Phi) is 7.29. The number of halogens is 6. The van der Waals surface area contributed by atoms with Crippen molar-refractivity contribution in [2.75, 3.05) is 20.1 Å². The van der Waals surface area contributed by atoms with E-state index >= 15 is 0 Å². The molecule has 1 fully saturated rings. The molecule has 0 aliphatic carbocycles. The Labute approximate surface area is 189 Å². The average Bonchev–Trinajstić information content (AvgIpc) is 3.24. The van der Waals surface area contributed by atoms with Gasteiger partial charge in [0.1, 0.15) is 6.33 Å². The number of likely N-dealkylation sites (tertiary alicyclic amines) is 1. The van der Waals surface area contributed by atoms with Gasteiger partial charge in [-0.1, -0.05) is 0 Å². The molecule has 3 rings (SSSR count). The van der Waals surface area contributed by atoms with Crippen LogP contribution in [-0.2, 0) is 21.9 Å². The van der Waals surface area contributed by atoms with Crippen molar-refractivity contribution in [3.05, 3.63) is 41.7 Å². The van der Waals surface area contributed by atoms with Gasteiger partial charge in [0, 0.05) is 23.8 Å². The van der Waals surface area contributed by atoms with Crippen LogP contribution in [0.4, 0.5) is 26.3 Å². The summed E-state index contributed by atoms with van der Waals surface area (Å²) in [5, 5.41) is 3.79. The molecule has 2 aromatic rings. The van der Waals surface area contributed by atoms with Gasteiger partial charge in [-0.3, -0.25) is 20.4 Å². The highest BCUT2D eigenvalue weighted by Gasteiger charge is 2.37. The van der Waals surface area contributed by atoms with E-state index in [0.29, 0.717) is 25.0 Å². The molecule has 1 aromatic heterocycles. The Morgan fingerprint density at radius 1 is 1.00 bits per heavy atom. The van der Waals surface area contributed by atoms with Crippen LogP contribution >= 0.6 is 0 Å². The van der Waals surface area contributed by atoms with E-state index in [1.54, 1.807) is 0 Å². The molecule has 2 N–H and O–H groups in total. The Hall–Kier alpha value is -3.42. The molecule has 0 unspecified atom stereocenters. The molecule has 184 valence electrons. The summed E-state index contributed by atoms with van der Waals surface area (Å²) in [5.41, 5.74) is 1.02. The van der Waals surface area contributed by atoms with Crippen LogP contribution in [0.3, 0.4) is 0 Å². The van der Waals surface area contributed by atoms with Crippen molar-refractivity contribution in [3.8, 4) is 11.4 Å². The predicted molar refractivity (Wildman–Crippen MR) is 107 cm³/mol. The van der Waals surface area contributed by atoms with Crippen LogP contribution in [0.2, 0.25) is 0 Å². The van der Waals surface area contributed by atoms with E-state index in [-0.39, 0.29) is 17.9 Å². The van der Waals surface area contributed by atoms with E-state index in [1.165, 1.54) is 0 Å². The quantitative estimate of drug-likeness (QED) is 0.391. The number of carbonyl (C=O) groups is 2. The van der Waals surface area contributed by atoms with Gasteiger partial charge >= 0.3 is 12.4 Å². The monoisotopic (exact) mass is 490 g/mol. The third-order valence-corrected chi connectivity index (χ3v) is 5.13. The maximum absolute atomic E-state index is 13.0. The Morgan fingerprint density at radius 2 is 1.59 bits per heavy atom. The summed E-state index contributed by atoms with van der Waals surface area (Å²) in [6.07, 6.45) is -5.66. The summed E-state index contributed by atoms with van der Waals surface area (Å²) in [6, 6.07) is 1.01. The van der Waals surface area contributed by atoms with Gasteiger partial charge in [0.2, 0.25) is 5.91 Å². The number of alkyl halides is 6. The minimum absolute atomic E-state index is 0.00457. The van der Waals surface area contributed by atoms with Gasteiger partial charge in [-0.15, -0.1) is 5.10 Å². The van der Waals surface area contributed by atoms with Gasteiger partial charge in [-0.25, -0.2) is 9.67 Å². The number of rotatable bonds is 4. The third-order valence-electron chi connectivity index (χ3n) is 5.13. The number of nitrogens with one attached hydrogen (secondary N) is 2. The van der Waals surface area contributed by atoms with E-state index in [0.717, 1.165) is 36.4 Å². The normalized spacial score (nSPS) is 16.1. The zero-order valence-corrected chi connectivity index (χ0v) is 17.7. The van der Waals surface area contributed by atoms with Crippen LogP contribution in [0, 0.1) is 5.92 Å². The van der Waals surface area contributed by atoms with Crippen molar-refractivity contribution in [1.82, 2.24) is 30.5 Å². The maximum atomic E-state index is 13.0. The third kappa shape index (κ3) is 6.56. The number of piperidine rings is 1. The minimum atomic E-state index is -5.01. The zero-order valence-electron chi connectivity index (χ0n) is 17.7. The van der Waals surface area contributed by atoms with Crippen LogP contribution in [0.1, 0.15) is 24.0 Å². The van der Waals surface area contributed by atoms with Gasteiger partial charge in [-0.2, -0.15) is 26.3 Å². The molecule has 8 nitrogen and oxygen atoms in total. The molecular formula is C20H20F6N6O2. The number of amides is 2. The molecule has 0 spiro atoms. The highest BCUT2D eigenvalue weighted by atomic mass is 19.4. The summed E-state index contributed by atoms with van der Waals surface area (Å²) in [7, 11) is 1.94. The molecule has 1 aromatic carbocycles. The van der Waals surface area contributed by atoms with Crippen molar-refractivity contribution >= 4 is 18.0 Å². The van der Waals surface area contributed by atoms with E-state index in [2.05, 4.69) is 25.8 Å². The van der Waals surface area contributed by atoms with Gasteiger partial charge < -0.3 is 4.90 Å². The number of nitrogens with zero attached hydrogens (tertiary/aromatic N) is 4. The van der Waals surface area contributed by atoms with Crippen LogP contribution < -0.4 is 10.9 Å². The first-order chi connectivity index (χ1) is 15.8. The molecule has 34 heavy (non-hydrogen) atoms. The molecule has 0 saturated carbocycles. The number of carbonyl (C=O) groups excluding carboxylic acids is 2. The largest absolute Gasteiger partial charge is 0.416 e. The highest BCUT2D eigenvalue weighted by molar-refractivity contribution is 5.92. The predicted octanol–water partition coefficient (Wildman–Crippen LogP) is 2.94. The lowest BCUT2D eigenvalue weighted by Gasteiger charge is -2.27. The second kappa shape index (κ2) is 9.83. The van der Waals surface area contributed by atoms with Crippen LogP contribution in [0.25, 0.3) is 17.6 Å². The van der Waals surface area contributed by atoms with E-state index in [4.69, 9.17) is 0 Å². The molecule has 1 saturated heterocycles. The Morgan fingerprint density at radius 3 is 2.15 bits per heavy atom. The van der Waals surface area contributed by atoms with Gasteiger partial charge in [0.05, 0.1) is 11.1 Å². The molecular weight excluding hydrogens is 470 g/mol. The smallest absolute Gasteiger partial charge is 0.306 e. The number of hydrazine groups is 1. The standard InChI is InChI=1S/C20H20F6N6O2/c1-31-5-2-12(3-6-31)18(34)29-28-16(33)4-7-32-11-27-17(30-32)13-8-14(19(21,22)23)10-15(9-13)20(24,25)26/h4,7-12H,2-3,5-6H2,1H3,(H,28,33)(H,29,34)/b7-4-. The highest BCUT2D eigenvalue weighted by Crippen LogP contribution is 2.38. The molecule has 2 amide bonds. The van der Waals surface area contributed by atoms with Crippen LogP contribution in [-0.4, -0.2) is 51.6 Å². The molecule has 0 radical (unpaired) electrons. The lowest BCUT2D eigenvalue weighted by Crippen LogP contribution is -2.46. The van der Waals surface area contributed by atoms with Crippen molar-refractivity contribution in [2.24, 2.45) is 5.92 Å². The topological polar surface area (TPSA) is 92.2 Å². The lowest BCUT2D eigenvalue weighted by molar-refractivity contribution is -0.143. The SMILES string of the molecule is CN1CCC(C(=O)NNC(=O)/C=C\n2cnc(-c3cc(C(F)(F)F)cc(C(F)(F)F)c3)n2)CC1. The number of aromatic nitrogens is 3. The van der Waals surface area contributed by atoms with Crippen molar-refractivity contribution in [2.45, 2.75) is 25.2 Å². The van der Waals surface area contributed by atoms with E-state index in [1.807, 2.05) is 7.05 Å². The molecule has 1 aliphatic rings. The second-order valence-corrected chi connectivity index (χ2v) is 7.71. The minimum Gasteiger partial charge on any atom is -0.306 e. The number of hydrogen-bond acceptors (Lipinski definition) is 5. The van der Waals surface area contributed by atoms with E-state index < -0.39 is 40.8 Å². The van der Waals surface area contributed by atoms with Crippen molar-refractivity contribution in [3.63, 3.8) is 0 Å². The fourth-order valence-electron chi connectivity index (χ4n) is 3.24. The molecule has 2 heterocycles. The average molecular weight is 490 g/mol. The number of benzene rings is 1. The molecule has 0 bridgehead atoms. The first kappa shape index (κ1) is 25.2. The first-order valence-electron chi connectivity index (χ1n) is 10.0. The summed E-state index contributed by atoms with van der Waals surface area (Å²) in [4.78, 5) is 29.8. The summed E-state index contributed by atoms with van der Waals surface area (Å²) >= 11 is 0. The summed E-state index contributed by atoms with van der Waals surface area (Å²) < 4.78 is 79.1. The second-order valence-electron chi connectivity index (χ2n) is 7.71. The fourth-order valence-corrected chi connectivity index (χ4v) is 3.24. The first-order valence-corrected chi connectivity index (χ1v) is 10.0. The fraction of sp³-hybridized carbons (Fsp3) is 0.400. The zero-order chi connectivity index (χ0) is 25.1. The van der Waals surface area contributed by atoms with Crippen molar-refractivity contribution in [1.29, 1.82) is 0 Å². The van der Waals surface area contributed by atoms with E-state index in [9.17, 15) is 35.9 Å². The molecule has 14 heteroatoms. The summed E-state index contributed by atoms with van der Waals surface area (Å²) in [6.45, 7) is 1.52. The van der Waals surface area contributed by atoms with Gasteiger partial charge in [0.25, 0.3) is 5.91 Å². The van der Waals surface area contributed by atoms with Crippen LogP contribution in [0.5, 0.6) is 0 Å². The Balaban J connectivity index is 1.66. The summed E-state index contributed by atoms with van der Waals surface area (Å²) in [5.74, 6) is -1.69. The maximum Gasteiger partial charge on any atom is 0.416 e. The van der Waals surface area contributed by atoms with Gasteiger partial charge in [0.15, 0.2) is 5.82 Å². The van der Waals surface area contributed by atoms with Gasteiger partial charge in [-0.05, 0) is 51.2 Å². The Bertz CT molecular complexity index is 1040. The van der Waals surface area contributed by atoms with Crippen LogP contribution in [0.15, 0.2) is 30.6 Å². The molecule has 1 aliphatic heterocycles. The van der Waals surface area contributed by atoms with Crippen molar-refractivity contribution < 1.29 is 35.9 Å². The molecule has 0 atom stereocenters.